The van der Waals surface area contributed by atoms with Gasteiger partial charge in [-0.25, -0.2) is 0 Å². The largest absolute Gasteiger partial charge is 0.490 e. The summed E-state index contributed by atoms with van der Waals surface area (Å²) in [6.07, 6.45) is 0. The molecular formula is C9H12N2O4. The Morgan fingerprint density at radius 3 is 2.40 bits per heavy atom. The average Bonchev–Trinajstić information content (AvgIpc) is 2.26. The number of nitro benzene ring substituents is 1. The summed E-state index contributed by atoms with van der Waals surface area (Å²) in [7, 11) is 4.41. The molecule has 0 heterocycles. The van der Waals surface area contributed by atoms with E-state index in [0.29, 0.717) is 5.69 Å². The monoisotopic (exact) mass is 212 g/mol. The van der Waals surface area contributed by atoms with Crippen molar-refractivity contribution in [3.8, 4) is 11.5 Å². The van der Waals surface area contributed by atoms with Gasteiger partial charge in [0.05, 0.1) is 24.8 Å². The van der Waals surface area contributed by atoms with Gasteiger partial charge >= 0.3 is 5.69 Å². The predicted molar refractivity (Wildman–Crippen MR) is 55.7 cm³/mol. The van der Waals surface area contributed by atoms with Gasteiger partial charge in [0.25, 0.3) is 0 Å². The Balaban J connectivity index is 3.44. The number of anilines is 1. The first-order chi connectivity index (χ1) is 7.15. The van der Waals surface area contributed by atoms with Crippen molar-refractivity contribution < 1.29 is 14.4 Å². The molecule has 1 N–H and O–H groups in total. The zero-order valence-electron chi connectivity index (χ0n) is 8.73. The van der Waals surface area contributed by atoms with Crippen molar-refractivity contribution in [1.82, 2.24) is 0 Å². The van der Waals surface area contributed by atoms with Gasteiger partial charge in [-0.3, -0.25) is 10.1 Å². The van der Waals surface area contributed by atoms with E-state index in [2.05, 4.69) is 5.32 Å². The first-order valence-corrected chi connectivity index (χ1v) is 4.22. The van der Waals surface area contributed by atoms with Gasteiger partial charge in [0, 0.05) is 7.05 Å². The van der Waals surface area contributed by atoms with Crippen LogP contribution in [-0.4, -0.2) is 26.2 Å². The Labute approximate surface area is 87.0 Å². The Kier molecular flexibility index (Phi) is 3.33. The van der Waals surface area contributed by atoms with E-state index in [1.54, 1.807) is 13.1 Å². The third-order valence-electron chi connectivity index (χ3n) is 1.97. The molecule has 6 nitrogen and oxygen atoms in total. The lowest BCUT2D eigenvalue weighted by molar-refractivity contribution is -0.386. The molecule has 0 saturated heterocycles. The van der Waals surface area contributed by atoms with Crippen LogP contribution >= 0.6 is 0 Å². The van der Waals surface area contributed by atoms with Gasteiger partial charge in [-0.05, 0) is 12.1 Å². The van der Waals surface area contributed by atoms with Crippen LogP contribution in [0.15, 0.2) is 12.1 Å². The Morgan fingerprint density at radius 2 is 2.00 bits per heavy atom. The first-order valence-electron chi connectivity index (χ1n) is 4.22. The fourth-order valence-electron chi connectivity index (χ4n) is 1.29. The Morgan fingerprint density at radius 1 is 1.33 bits per heavy atom. The number of nitro groups is 1. The normalized spacial score (nSPS) is 9.53. The number of methoxy groups -OCH3 is 2. The van der Waals surface area contributed by atoms with Crippen LogP contribution in [0.3, 0.4) is 0 Å². The van der Waals surface area contributed by atoms with E-state index in [1.165, 1.54) is 20.3 Å². The van der Waals surface area contributed by atoms with E-state index >= 15 is 0 Å². The van der Waals surface area contributed by atoms with E-state index in [4.69, 9.17) is 9.47 Å². The zero-order valence-corrected chi connectivity index (χ0v) is 8.73. The van der Waals surface area contributed by atoms with Crippen molar-refractivity contribution in [2.45, 2.75) is 0 Å². The van der Waals surface area contributed by atoms with E-state index < -0.39 is 4.92 Å². The van der Waals surface area contributed by atoms with Crippen LogP contribution in [0.2, 0.25) is 0 Å². The van der Waals surface area contributed by atoms with Crippen molar-refractivity contribution in [3.63, 3.8) is 0 Å². The van der Waals surface area contributed by atoms with Crippen molar-refractivity contribution in [2.24, 2.45) is 0 Å². The number of nitrogens with one attached hydrogen (secondary N) is 1. The average molecular weight is 212 g/mol. The fraction of sp³-hybridized carbons (Fsp3) is 0.333. The highest BCUT2D eigenvalue weighted by atomic mass is 16.6. The summed E-state index contributed by atoms with van der Waals surface area (Å²) in [5, 5.41) is 13.7. The summed E-state index contributed by atoms with van der Waals surface area (Å²) in [6.45, 7) is 0. The van der Waals surface area contributed by atoms with Gasteiger partial charge in [-0.1, -0.05) is 0 Å². The van der Waals surface area contributed by atoms with Crippen LogP contribution in [0, 0.1) is 10.1 Å². The number of rotatable bonds is 4. The molecular weight excluding hydrogens is 200 g/mol. The van der Waals surface area contributed by atoms with Gasteiger partial charge in [-0.2, -0.15) is 0 Å². The third-order valence-corrected chi connectivity index (χ3v) is 1.97. The van der Waals surface area contributed by atoms with Crippen molar-refractivity contribution in [2.75, 3.05) is 26.6 Å². The Hall–Kier alpha value is -1.98. The van der Waals surface area contributed by atoms with Crippen LogP contribution in [0.1, 0.15) is 0 Å². The van der Waals surface area contributed by atoms with Crippen molar-refractivity contribution in [1.29, 1.82) is 0 Å². The molecule has 0 fully saturated rings. The molecule has 0 unspecified atom stereocenters. The summed E-state index contributed by atoms with van der Waals surface area (Å²) in [5.74, 6) is 0.345. The minimum atomic E-state index is -0.529. The molecule has 0 amide bonds. The summed E-state index contributed by atoms with van der Waals surface area (Å²) in [5.41, 5.74) is 0.372. The molecule has 15 heavy (non-hydrogen) atoms. The third kappa shape index (κ3) is 1.93. The molecule has 0 aliphatic heterocycles. The van der Waals surface area contributed by atoms with Crippen LogP contribution in [0.5, 0.6) is 11.5 Å². The highest BCUT2D eigenvalue weighted by Crippen LogP contribution is 2.41. The highest BCUT2D eigenvalue weighted by Gasteiger charge is 2.24. The zero-order chi connectivity index (χ0) is 11.4. The number of ether oxygens (including phenoxy) is 2. The second-order valence-corrected chi connectivity index (χ2v) is 2.70. The molecule has 0 spiro atoms. The van der Waals surface area contributed by atoms with Gasteiger partial charge < -0.3 is 14.8 Å². The van der Waals surface area contributed by atoms with E-state index in [-0.39, 0.29) is 17.2 Å². The number of hydrogen-bond acceptors (Lipinski definition) is 5. The van der Waals surface area contributed by atoms with Crippen LogP contribution in [-0.2, 0) is 0 Å². The van der Waals surface area contributed by atoms with E-state index in [0.717, 1.165) is 0 Å². The smallest absolute Gasteiger partial charge is 0.354 e. The minimum absolute atomic E-state index is 0.168. The molecule has 82 valence electrons. The van der Waals surface area contributed by atoms with Gasteiger partial charge in [0.15, 0.2) is 0 Å². The lowest BCUT2D eigenvalue weighted by Crippen LogP contribution is -2.01. The molecule has 1 aromatic rings. The predicted octanol–water partition coefficient (Wildman–Crippen LogP) is 1.65. The lowest BCUT2D eigenvalue weighted by Gasteiger charge is -2.10. The molecule has 0 aromatic heterocycles. The van der Waals surface area contributed by atoms with Gasteiger partial charge in [0.2, 0.25) is 11.5 Å². The Bertz CT molecular complexity index is 379. The summed E-state index contributed by atoms with van der Waals surface area (Å²) >= 11 is 0. The summed E-state index contributed by atoms with van der Waals surface area (Å²) in [6, 6.07) is 3.18. The molecule has 1 aromatic carbocycles. The first kappa shape index (κ1) is 11.1. The topological polar surface area (TPSA) is 73.6 Å². The maximum absolute atomic E-state index is 10.8. The minimum Gasteiger partial charge on any atom is -0.490 e. The van der Waals surface area contributed by atoms with Crippen LogP contribution in [0.25, 0.3) is 0 Å². The number of nitrogens with zero attached hydrogens (tertiary/aromatic N) is 1. The second kappa shape index (κ2) is 4.50. The summed E-state index contributed by atoms with van der Waals surface area (Å²) in [4.78, 5) is 10.3. The molecule has 0 bridgehead atoms. The SMILES string of the molecule is CNc1ccc(OC)c([N+](=O)[O-])c1OC. The molecule has 0 saturated carbocycles. The molecule has 1 rings (SSSR count). The standard InChI is InChI=1S/C9H12N2O4/c1-10-6-4-5-7(14-2)8(11(12)13)9(6)15-3/h4-5,10H,1-3H3. The number of hydrogen-bond donors (Lipinski definition) is 1. The molecule has 6 heteroatoms. The molecule has 0 atom stereocenters. The van der Waals surface area contributed by atoms with Gasteiger partial charge in [0.1, 0.15) is 0 Å². The quantitative estimate of drug-likeness (QED) is 0.606. The molecule has 0 radical (unpaired) electrons. The van der Waals surface area contributed by atoms with E-state index in [1.807, 2.05) is 0 Å². The number of benzene rings is 1. The fourth-order valence-corrected chi connectivity index (χ4v) is 1.29. The van der Waals surface area contributed by atoms with Crippen LogP contribution < -0.4 is 14.8 Å². The highest BCUT2D eigenvalue weighted by molar-refractivity contribution is 5.71. The maximum Gasteiger partial charge on any atom is 0.354 e. The van der Waals surface area contributed by atoms with Gasteiger partial charge in [-0.15, -0.1) is 0 Å². The second-order valence-electron chi connectivity index (χ2n) is 2.70. The molecule has 0 aliphatic carbocycles. The van der Waals surface area contributed by atoms with Crippen molar-refractivity contribution >= 4 is 11.4 Å². The summed E-state index contributed by atoms with van der Waals surface area (Å²) < 4.78 is 9.89. The van der Waals surface area contributed by atoms with Crippen LogP contribution in [0.4, 0.5) is 11.4 Å². The lowest BCUT2D eigenvalue weighted by atomic mass is 10.2. The van der Waals surface area contributed by atoms with Crippen molar-refractivity contribution in [3.05, 3.63) is 22.2 Å². The maximum atomic E-state index is 10.8. The molecule has 0 aliphatic rings. The van der Waals surface area contributed by atoms with E-state index in [9.17, 15) is 10.1 Å².